The van der Waals surface area contributed by atoms with E-state index in [1.54, 1.807) is 23.5 Å². The van der Waals surface area contributed by atoms with Crippen LogP contribution in [0.1, 0.15) is 21.1 Å². The maximum absolute atomic E-state index is 10.9. The lowest BCUT2D eigenvalue weighted by Gasteiger charge is -2.06. The van der Waals surface area contributed by atoms with E-state index in [4.69, 9.17) is 5.73 Å². The summed E-state index contributed by atoms with van der Waals surface area (Å²) in [6.45, 7) is 2.73. The summed E-state index contributed by atoms with van der Waals surface area (Å²) >= 11 is 1.65. The van der Waals surface area contributed by atoms with Gasteiger partial charge in [0.05, 0.1) is 10.7 Å². The Balaban J connectivity index is 1.54. The number of aryl methyl sites for hydroxylation is 1. The molecule has 0 unspecified atom stereocenters. The highest BCUT2D eigenvalue weighted by molar-refractivity contribution is 7.09. The fourth-order valence-electron chi connectivity index (χ4n) is 2.23. The number of nitrogens with two attached hydrogens (primary N) is 1. The Bertz CT molecular complexity index is 827. The Hall–Kier alpha value is -2.80. The Kier molecular flexibility index (Phi) is 4.81. The lowest BCUT2D eigenvalue weighted by molar-refractivity contribution is 0.0994. The number of anilines is 1. The lowest BCUT2D eigenvalue weighted by atomic mass is 10.1. The third-order valence-electron chi connectivity index (χ3n) is 3.51. The molecule has 0 fully saturated rings. The number of hydrogen-bond donors (Lipinski definition) is 2. The van der Waals surface area contributed by atoms with Crippen LogP contribution in [-0.4, -0.2) is 27.6 Å². The second kappa shape index (κ2) is 7.18. The van der Waals surface area contributed by atoms with Gasteiger partial charge in [-0.1, -0.05) is 24.3 Å². The van der Waals surface area contributed by atoms with Crippen molar-refractivity contribution in [2.24, 2.45) is 5.73 Å². The first-order valence-corrected chi connectivity index (χ1v) is 8.38. The molecule has 0 atom stereocenters. The maximum Gasteiger partial charge on any atom is 0.269 e. The number of carbonyl (C=O) groups excluding carboxylic acids is 1. The maximum atomic E-state index is 10.9. The Labute approximate surface area is 143 Å². The highest BCUT2D eigenvalue weighted by Crippen LogP contribution is 2.21. The van der Waals surface area contributed by atoms with Crippen molar-refractivity contribution >= 4 is 23.1 Å². The van der Waals surface area contributed by atoms with Gasteiger partial charge in [-0.3, -0.25) is 4.79 Å². The van der Waals surface area contributed by atoms with Crippen molar-refractivity contribution in [3.63, 3.8) is 0 Å². The quantitative estimate of drug-likeness (QED) is 0.720. The third-order valence-corrected chi connectivity index (χ3v) is 4.28. The predicted molar refractivity (Wildman–Crippen MR) is 95.0 cm³/mol. The second-order valence-electron chi connectivity index (χ2n) is 5.29. The van der Waals surface area contributed by atoms with E-state index in [0.29, 0.717) is 5.82 Å². The molecule has 1 amide bonds. The molecular formula is C17H17N5OS. The monoisotopic (exact) mass is 339 g/mol. The Morgan fingerprint density at radius 2 is 1.96 bits per heavy atom. The number of benzene rings is 1. The van der Waals surface area contributed by atoms with E-state index in [1.807, 2.05) is 6.92 Å². The zero-order valence-electron chi connectivity index (χ0n) is 13.2. The number of primary amides is 1. The highest BCUT2D eigenvalue weighted by Gasteiger charge is 2.04. The van der Waals surface area contributed by atoms with Crippen LogP contribution < -0.4 is 11.1 Å². The third kappa shape index (κ3) is 3.94. The molecule has 7 heteroatoms. The number of nitrogens with one attached hydrogen (secondary N) is 1. The number of hydrogen-bond acceptors (Lipinski definition) is 6. The minimum atomic E-state index is -0.579. The highest BCUT2D eigenvalue weighted by atomic mass is 32.1. The molecule has 2 aromatic heterocycles. The summed E-state index contributed by atoms with van der Waals surface area (Å²) in [5, 5.41) is 14.0. The van der Waals surface area contributed by atoms with Crippen LogP contribution in [0.4, 0.5) is 5.82 Å². The van der Waals surface area contributed by atoms with E-state index in [1.165, 1.54) is 5.56 Å². The largest absolute Gasteiger partial charge is 0.368 e. The normalized spacial score (nSPS) is 10.5. The second-order valence-corrected chi connectivity index (χ2v) is 6.36. The van der Waals surface area contributed by atoms with Gasteiger partial charge in [0.2, 0.25) is 0 Å². The van der Waals surface area contributed by atoms with Gasteiger partial charge in [0.25, 0.3) is 5.91 Å². The van der Waals surface area contributed by atoms with Gasteiger partial charge < -0.3 is 11.1 Å². The van der Waals surface area contributed by atoms with Gasteiger partial charge in [0.15, 0.2) is 5.69 Å². The molecule has 0 saturated carbocycles. The molecule has 6 nitrogen and oxygen atoms in total. The summed E-state index contributed by atoms with van der Waals surface area (Å²) < 4.78 is 0. The van der Waals surface area contributed by atoms with Crippen LogP contribution in [-0.2, 0) is 6.42 Å². The van der Waals surface area contributed by atoms with E-state index < -0.39 is 5.91 Å². The van der Waals surface area contributed by atoms with Gasteiger partial charge in [0.1, 0.15) is 5.82 Å². The Morgan fingerprint density at radius 1 is 1.17 bits per heavy atom. The van der Waals surface area contributed by atoms with Crippen LogP contribution in [0.25, 0.3) is 11.3 Å². The Morgan fingerprint density at radius 3 is 2.54 bits per heavy atom. The zero-order valence-corrected chi connectivity index (χ0v) is 14.0. The van der Waals surface area contributed by atoms with E-state index in [2.05, 4.69) is 50.1 Å². The fraction of sp³-hybridized carbons (Fsp3) is 0.176. The number of amides is 1. The van der Waals surface area contributed by atoms with Crippen LogP contribution in [0, 0.1) is 6.92 Å². The topological polar surface area (TPSA) is 93.8 Å². The van der Waals surface area contributed by atoms with E-state index >= 15 is 0 Å². The summed E-state index contributed by atoms with van der Waals surface area (Å²) in [6.07, 6.45) is 0.857. The SMILES string of the molecule is Cc1nc(-c2ccc(CCNc3ccc(C(N)=O)nn3)cc2)cs1. The van der Waals surface area contributed by atoms with Crippen molar-refractivity contribution in [1.29, 1.82) is 0 Å². The summed E-state index contributed by atoms with van der Waals surface area (Å²) in [7, 11) is 0. The van der Waals surface area contributed by atoms with Gasteiger partial charge in [-0.05, 0) is 31.0 Å². The average molecular weight is 339 g/mol. The van der Waals surface area contributed by atoms with Gasteiger partial charge in [-0.25, -0.2) is 4.98 Å². The van der Waals surface area contributed by atoms with Crippen LogP contribution in [0.2, 0.25) is 0 Å². The number of rotatable bonds is 6. The van der Waals surface area contributed by atoms with Gasteiger partial charge in [0, 0.05) is 17.5 Å². The van der Waals surface area contributed by atoms with E-state index in [-0.39, 0.29) is 5.69 Å². The van der Waals surface area contributed by atoms with Crippen LogP contribution in [0.3, 0.4) is 0 Å². The van der Waals surface area contributed by atoms with Crippen molar-refractivity contribution in [2.45, 2.75) is 13.3 Å². The van der Waals surface area contributed by atoms with Gasteiger partial charge in [-0.15, -0.1) is 21.5 Å². The summed E-state index contributed by atoms with van der Waals surface area (Å²) in [6, 6.07) is 11.6. The summed E-state index contributed by atoms with van der Waals surface area (Å²) in [4.78, 5) is 15.4. The molecular weight excluding hydrogens is 322 g/mol. The summed E-state index contributed by atoms with van der Waals surface area (Å²) in [5.74, 6) is 0.0408. The molecule has 122 valence electrons. The fourth-order valence-corrected chi connectivity index (χ4v) is 2.85. The molecule has 1 aromatic carbocycles. The van der Waals surface area contributed by atoms with Gasteiger partial charge in [-0.2, -0.15) is 0 Å². The van der Waals surface area contributed by atoms with Crippen LogP contribution in [0.15, 0.2) is 41.8 Å². The minimum absolute atomic E-state index is 0.161. The van der Waals surface area contributed by atoms with E-state index in [9.17, 15) is 4.79 Å². The molecule has 0 radical (unpaired) electrons. The molecule has 3 aromatic rings. The molecule has 0 aliphatic carbocycles. The number of nitrogens with zero attached hydrogens (tertiary/aromatic N) is 3. The predicted octanol–water partition coefficient (Wildman–Crippen LogP) is 2.66. The van der Waals surface area contributed by atoms with Crippen LogP contribution >= 0.6 is 11.3 Å². The first kappa shape index (κ1) is 16.1. The molecule has 24 heavy (non-hydrogen) atoms. The molecule has 0 spiro atoms. The standard InChI is InChI=1S/C17H17N5OS/c1-11-20-15(10-24-11)13-4-2-12(3-5-13)8-9-19-16-7-6-14(17(18)23)21-22-16/h2-7,10H,8-9H2,1H3,(H2,18,23)(H,19,22). The molecule has 0 aliphatic heterocycles. The smallest absolute Gasteiger partial charge is 0.269 e. The lowest BCUT2D eigenvalue weighted by Crippen LogP contribution is -2.14. The molecule has 0 bridgehead atoms. The number of carbonyl (C=O) groups is 1. The molecule has 3 rings (SSSR count). The zero-order chi connectivity index (χ0) is 16.9. The average Bonchev–Trinajstić information content (AvgIpc) is 3.02. The minimum Gasteiger partial charge on any atom is -0.368 e. The molecule has 0 aliphatic rings. The van der Waals surface area contributed by atoms with Crippen molar-refractivity contribution in [3.8, 4) is 11.3 Å². The molecule has 0 saturated heterocycles. The van der Waals surface area contributed by atoms with Crippen molar-refractivity contribution in [1.82, 2.24) is 15.2 Å². The molecule has 3 N–H and O–H groups in total. The number of aromatic nitrogens is 3. The first-order chi connectivity index (χ1) is 11.6. The first-order valence-electron chi connectivity index (χ1n) is 7.50. The van der Waals surface area contributed by atoms with Crippen molar-refractivity contribution < 1.29 is 4.79 Å². The van der Waals surface area contributed by atoms with Crippen molar-refractivity contribution in [2.75, 3.05) is 11.9 Å². The summed E-state index contributed by atoms with van der Waals surface area (Å²) in [5.41, 5.74) is 8.66. The van der Waals surface area contributed by atoms with Gasteiger partial charge >= 0.3 is 0 Å². The number of thiazole rings is 1. The van der Waals surface area contributed by atoms with E-state index in [0.717, 1.165) is 29.2 Å². The molecule has 2 heterocycles. The van der Waals surface area contributed by atoms with Crippen LogP contribution in [0.5, 0.6) is 0 Å². The van der Waals surface area contributed by atoms with Crippen molar-refractivity contribution in [3.05, 3.63) is 58.0 Å².